The lowest BCUT2D eigenvalue weighted by Gasteiger charge is -2.15. The number of phosphoric acid groups is 1. The standard InChI is InChI=1S/C30H29O6P/c1-21-17-22(2)19-29(18-21)36-37(31,32)35-28-11-5-23(6-12-28)20-30(24-7-13-26(33-3)14-8-24)25-9-15-27(34-4)16-10-25/h5-20H,1-4H3,(H,31,32). The SMILES string of the molecule is COc1ccc(C(=Cc2ccc(OP(=O)(O)Oc3cc(C)cc(C)c3)cc2)c2ccc(OC)cc2)cc1. The van der Waals surface area contributed by atoms with E-state index in [2.05, 4.69) is 0 Å². The molecular formula is C30H29O6P. The molecule has 0 spiro atoms. The number of benzene rings is 4. The Bertz CT molecular complexity index is 1360. The smallest absolute Gasteiger partial charge is 0.497 e. The summed E-state index contributed by atoms with van der Waals surface area (Å²) in [6, 6.07) is 27.9. The Morgan fingerprint density at radius 1 is 0.649 bits per heavy atom. The first-order valence-electron chi connectivity index (χ1n) is 11.7. The van der Waals surface area contributed by atoms with Crippen molar-refractivity contribution in [1.82, 2.24) is 0 Å². The Morgan fingerprint density at radius 3 is 1.54 bits per heavy atom. The Balaban J connectivity index is 1.58. The molecule has 0 heterocycles. The van der Waals surface area contributed by atoms with Gasteiger partial charge in [-0.15, -0.1) is 0 Å². The van der Waals surface area contributed by atoms with Crippen LogP contribution in [-0.4, -0.2) is 19.1 Å². The quantitative estimate of drug-likeness (QED) is 0.184. The Kier molecular flexibility index (Phi) is 8.02. The van der Waals surface area contributed by atoms with E-state index in [-0.39, 0.29) is 11.5 Å². The van der Waals surface area contributed by atoms with E-state index in [0.29, 0.717) is 0 Å². The van der Waals surface area contributed by atoms with Gasteiger partial charge in [-0.25, -0.2) is 4.57 Å². The first-order chi connectivity index (χ1) is 17.7. The second kappa shape index (κ2) is 11.4. The molecule has 0 radical (unpaired) electrons. The lowest BCUT2D eigenvalue weighted by molar-refractivity contribution is 0.291. The minimum atomic E-state index is -4.37. The van der Waals surface area contributed by atoms with Crippen LogP contribution in [0.25, 0.3) is 11.6 Å². The maximum atomic E-state index is 12.6. The predicted molar refractivity (Wildman–Crippen MR) is 146 cm³/mol. The average molecular weight is 517 g/mol. The molecule has 4 aromatic carbocycles. The second-order valence-electron chi connectivity index (χ2n) is 8.56. The maximum absolute atomic E-state index is 12.6. The van der Waals surface area contributed by atoms with Gasteiger partial charge in [0.05, 0.1) is 14.2 Å². The summed E-state index contributed by atoms with van der Waals surface area (Å²) in [5.41, 5.74) is 5.74. The summed E-state index contributed by atoms with van der Waals surface area (Å²) in [6.07, 6.45) is 2.04. The molecule has 1 N–H and O–H groups in total. The van der Waals surface area contributed by atoms with Gasteiger partial charge in [-0.3, -0.25) is 4.89 Å². The lowest BCUT2D eigenvalue weighted by Crippen LogP contribution is -2.00. The van der Waals surface area contributed by atoms with Crippen molar-refractivity contribution >= 4 is 19.5 Å². The maximum Gasteiger partial charge on any atom is 0.584 e. The van der Waals surface area contributed by atoms with Crippen LogP contribution < -0.4 is 18.5 Å². The van der Waals surface area contributed by atoms with Crippen LogP contribution in [0.2, 0.25) is 0 Å². The van der Waals surface area contributed by atoms with E-state index in [1.165, 1.54) is 0 Å². The summed E-state index contributed by atoms with van der Waals surface area (Å²) in [5.74, 6) is 2.06. The highest BCUT2D eigenvalue weighted by Crippen LogP contribution is 2.44. The normalized spacial score (nSPS) is 12.2. The predicted octanol–water partition coefficient (Wildman–Crippen LogP) is 7.47. The summed E-state index contributed by atoms with van der Waals surface area (Å²) < 4.78 is 33.8. The summed E-state index contributed by atoms with van der Waals surface area (Å²) in [7, 11) is -1.10. The topological polar surface area (TPSA) is 74.2 Å². The van der Waals surface area contributed by atoms with Gasteiger partial charge in [0.15, 0.2) is 0 Å². The van der Waals surface area contributed by atoms with Gasteiger partial charge in [-0.1, -0.05) is 42.5 Å². The number of phosphoric ester groups is 1. The molecular weight excluding hydrogens is 487 g/mol. The van der Waals surface area contributed by atoms with E-state index in [1.807, 2.05) is 86.7 Å². The molecule has 0 aliphatic rings. The largest absolute Gasteiger partial charge is 0.584 e. The van der Waals surface area contributed by atoms with Crippen molar-refractivity contribution in [3.63, 3.8) is 0 Å². The number of rotatable bonds is 9. The fourth-order valence-corrected chi connectivity index (χ4v) is 4.73. The molecule has 37 heavy (non-hydrogen) atoms. The third kappa shape index (κ3) is 7.04. The van der Waals surface area contributed by atoms with Gasteiger partial charge in [0.2, 0.25) is 0 Å². The minimum absolute atomic E-state index is 0.225. The molecule has 4 aromatic rings. The molecule has 0 aliphatic heterocycles. The van der Waals surface area contributed by atoms with Crippen molar-refractivity contribution in [2.75, 3.05) is 14.2 Å². The van der Waals surface area contributed by atoms with Crippen molar-refractivity contribution in [2.45, 2.75) is 13.8 Å². The van der Waals surface area contributed by atoms with Gasteiger partial charge in [-0.05, 0) is 102 Å². The highest BCUT2D eigenvalue weighted by atomic mass is 31.2. The monoisotopic (exact) mass is 516 g/mol. The van der Waals surface area contributed by atoms with E-state index < -0.39 is 7.82 Å². The summed E-state index contributed by atoms with van der Waals surface area (Å²) in [5, 5.41) is 0. The second-order valence-corrected chi connectivity index (χ2v) is 9.86. The van der Waals surface area contributed by atoms with Crippen LogP contribution in [0.5, 0.6) is 23.0 Å². The number of hydrogen-bond donors (Lipinski definition) is 1. The van der Waals surface area contributed by atoms with E-state index in [0.717, 1.165) is 44.9 Å². The zero-order valence-electron chi connectivity index (χ0n) is 21.2. The third-order valence-electron chi connectivity index (χ3n) is 5.63. The minimum Gasteiger partial charge on any atom is -0.497 e. The fourth-order valence-electron chi connectivity index (χ4n) is 3.94. The molecule has 1 unspecified atom stereocenters. The van der Waals surface area contributed by atoms with E-state index in [9.17, 15) is 9.46 Å². The van der Waals surface area contributed by atoms with E-state index in [4.69, 9.17) is 18.5 Å². The fraction of sp³-hybridized carbons (Fsp3) is 0.133. The van der Waals surface area contributed by atoms with Crippen molar-refractivity contribution in [1.29, 1.82) is 0 Å². The van der Waals surface area contributed by atoms with E-state index in [1.54, 1.807) is 38.5 Å². The van der Waals surface area contributed by atoms with Gasteiger partial charge < -0.3 is 18.5 Å². The van der Waals surface area contributed by atoms with Gasteiger partial charge in [0.1, 0.15) is 23.0 Å². The van der Waals surface area contributed by atoms with Crippen LogP contribution in [0.15, 0.2) is 91.0 Å². The van der Waals surface area contributed by atoms with Gasteiger partial charge in [0.25, 0.3) is 0 Å². The molecule has 0 aliphatic carbocycles. The zero-order valence-corrected chi connectivity index (χ0v) is 22.1. The molecule has 0 saturated heterocycles. The first-order valence-corrected chi connectivity index (χ1v) is 13.1. The molecule has 0 amide bonds. The summed E-state index contributed by atoms with van der Waals surface area (Å²) >= 11 is 0. The molecule has 1 atom stereocenters. The Hall–Kier alpha value is -3.99. The Labute approximate surface area is 217 Å². The third-order valence-corrected chi connectivity index (χ3v) is 6.51. The number of methoxy groups -OCH3 is 2. The van der Waals surface area contributed by atoms with Crippen LogP contribution in [0.1, 0.15) is 27.8 Å². The van der Waals surface area contributed by atoms with Crippen molar-refractivity contribution in [3.05, 3.63) is 119 Å². The molecule has 0 fully saturated rings. The van der Waals surface area contributed by atoms with E-state index >= 15 is 0 Å². The van der Waals surface area contributed by atoms with Crippen molar-refractivity contribution < 1.29 is 28.0 Å². The lowest BCUT2D eigenvalue weighted by atomic mass is 9.95. The van der Waals surface area contributed by atoms with Crippen LogP contribution in [0.3, 0.4) is 0 Å². The van der Waals surface area contributed by atoms with Gasteiger partial charge >= 0.3 is 7.82 Å². The summed E-state index contributed by atoms with van der Waals surface area (Å²) in [6.45, 7) is 3.78. The van der Waals surface area contributed by atoms with Gasteiger partial charge in [-0.2, -0.15) is 0 Å². The molecule has 0 bridgehead atoms. The Morgan fingerprint density at radius 2 is 1.08 bits per heavy atom. The molecule has 4 rings (SSSR count). The molecule has 0 saturated carbocycles. The van der Waals surface area contributed by atoms with Crippen LogP contribution in [-0.2, 0) is 4.57 Å². The average Bonchev–Trinajstić information content (AvgIpc) is 2.87. The number of hydrogen-bond acceptors (Lipinski definition) is 5. The first kappa shape index (κ1) is 26.1. The van der Waals surface area contributed by atoms with Gasteiger partial charge in [0, 0.05) is 0 Å². The summed E-state index contributed by atoms with van der Waals surface area (Å²) in [4.78, 5) is 10.3. The zero-order chi connectivity index (χ0) is 26.4. The highest BCUT2D eigenvalue weighted by molar-refractivity contribution is 7.48. The number of aryl methyl sites for hydroxylation is 2. The van der Waals surface area contributed by atoms with Crippen molar-refractivity contribution in [2.24, 2.45) is 0 Å². The molecule has 0 aromatic heterocycles. The highest BCUT2D eigenvalue weighted by Gasteiger charge is 2.25. The number of ether oxygens (including phenoxy) is 2. The van der Waals surface area contributed by atoms with Crippen molar-refractivity contribution in [3.8, 4) is 23.0 Å². The molecule has 190 valence electrons. The van der Waals surface area contributed by atoms with Crippen LogP contribution >= 0.6 is 7.82 Å². The van der Waals surface area contributed by atoms with Crippen LogP contribution in [0, 0.1) is 13.8 Å². The molecule has 7 heteroatoms. The molecule has 6 nitrogen and oxygen atoms in total. The van der Waals surface area contributed by atoms with Crippen LogP contribution in [0.4, 0.5) is 0 Å².